The normalized spacial score (nSPS) is 25.9. The molecule has 4 nitrogen and oxygen atoms in total. The molecule has 2 aliphatic rings. The van der Waals surface area contributed by atoms with E-state index in [-0.39, 0.29) is 6.10 Å². The Morgan fingerprint density at radius 1 is 0.950 bits per heavy atom. The van der Waals surface area contributed by atoms with Gasteiger partial charge in [-0.2, -0.15) is 0 Å². The first kappa shape index (κ1) is 16.2. The van der Waals surface area contributed by atoms with Gasteiger partial charge in [-0.3, -0.25) is 4.90 Å². The van der Waals surface area contributed by atoms with E-state index in [0.29, 0.717) is 0 Å². The molecular formula is C16H33N3O. The molecule has 2 heterocycles. The number of piperazine rings is 1. The lowest BCUT2D eigenvalue weighted by Crippen LogP contribution is -2.53. The van der Waals surface area contributed by atoms with Gasteiger partial charge in [0.25, 0.3) is 0 Å². The fraction of sp³-hybridized carbons (Fsp3) is 1.00. The van der Waals surface area contributed by atoms with Crippen LogP contribution in [0.5, 0.6) is 0 Å². The molecule has 4 heteroatoms. The second-order valence-electron chi connectivity index (χ2n) is 6.47. The van der Waals surface area contributed by atoms with E-state index in [1.807, 2.05) is 0 Å². The van der Waals surface area contributed by atoms with Gasteiger partial charge in [-0.15, -0.1) is 0 Å². The van der Waals surface area contributed by atoms with Gasteiger partial charge in [0.1, 0.15) is 0 Å². The molecule has 0 aliphatic carbocycles. The van der Waals surface area contributed by atoms with Crippen LogP contribution in [0.1, 0.15) is 39.5 Å². The molecule has 0 unspecified atom stereocenters. The summed E-state index contributed by atoms with van der Waals surface area (Å²) in [7, 11) is 0. The summed E-state index contributed by atoms with van der Waals surface area (Å²) in [6.07, 6.45) is 4.58. The maximum atomic E-state index is 9.75. The molecule has 20 heavy (non-hydrogen) atoms. The molecule has 118 valence electrons. The van der Waals surface area contributed by atoms with Crippen LogP contribution in [0.2, 0.25) is 0 Å². The lowest BCUT2D eigenvalue weighted by molar-refractivity contribution is 0.0423. The summed E-state index contributed by atoms with van der Waals surface area (Å²) in [5.41, 5.74) is 0. The summed E-state index contributed by atoms with van der Waals surface area (Å²) < 4.78 is 0. The molecule has 2 aliphatic heterocycles. The minimum atomic E-state index is -0.135. The number of rotatable bonds is 6. The van der Waals surface area contributed by atoms with Gasteiger partial charge in [0, 0.05) is 38.8 Å². The molecule has 0 aromatic heterocycles. The number of aliphatic hydroxyl groups is 1. The van der Waals surface area contributed by atoms with Crippen LogP contribution in [0, 0.1) is 0 Å². The minimum Gasteiger partial charge on any atom is -0.392 e. The van der Waals surface area contributed by atoms with Crippen LogP contribution in [0.4, 0.5) is 0 Å². The van der Waals surface area contributed by atoms with Crippen molar-refractivity contribution in [2.75, 3.05) is 52.4 Å². The van der Waals surface area contributed by atoms with Gasteiger partial charge in [0.2, 0.25) is 0 Å². The molecule has 0 saturated carbocycles. The zero-order chi connectivity index (χ0) is 14.4. The van der Waals surface area contributed by atoms with Crippen molar-refractivity contribution in [3.8, 4) is 0 Å². The molecule has 0 aromatic carbocycles. The van der Waals surface area contributed by atoms with Crippen LogP contribution in [0.3, 0.4) is 0 Å². The van der Waals surface area contributed by atoms with Crippen molar-refractivity contribution < 1.29 is 5.11 Å². The quantitative estimate of drug-likeness (QED) is 0.795. The molecule has 0 radical (unpaired) electrons. The van der Waals surface area contributed by atoms with Crippen molar-refractivity contribution in [1.82, 2.24) is 14.7 Å². The van der Waals surface area contributed by atoms with Crippen molar-refractivity contribution in [3.63, 3.8) is 0 Å². The third-order valence-electron chi connectivity index (χ3n) is 4.96. The van der Waals surface area contributed by atoms with Crippen LogP contribution in [-0.4, -0.2) is 84.3 Å². The number of nitrogens with zero attached hydrogens (tertiary/aromatic N) is 3. The number of hydrogen-bond acceptors (Lipinski definition) is 4. The average molecular weight is 283 g/mol. The first-order valence-electron chi connectivity index (χ1n) is 8.59. The van der Waals surface area contributed by atoms with Crippen LogP contribution in [0.15, 0.2) is 0 Å². The Bertz CT molecular complexity index is 258. The van der Waals surface area contributed by atoms with Gasteiger partial charge in [0.15, 0.2) is 0 Å². The molecule has 2 saturated heterocycles. The van der Waals surface area contributed by atoms with E-state index < -0.39 is 0 Å². The smallest absolute Gasteiger partial charge is 0.0664 e. The van der Waals surface area contributed by atoms with E-state index in [9.17, 15) is 5.11 Å². The number of likely N-dealkylation sites (tertiary alicyclic amines) is 1. The maximum Gasteiger partial charge on any atom is 0.0664 e. The predicted molar refractivity (Wildman–Crippen MR) is 84.1 cm³/mol. The number of hydrogen-bond donors (Lipinski definition) is 1. The van der Waals surface area contributed by atoms with Gasteiger partial charge in [0.05, 0.1) is 6.10 Å². The van der Waals surface area contributed by atoms with Crippen molar-refractivity contribution >= 4 is 0 Å². The Morgan fingerprint density at radius 3 is 2.15 bits per heavy atom. The van der Waals surface area contributed by atoms with Crippen molar-refractivity contribution in [2.45, 2.75) is 51.7 Å². The molecule has 2 rings (SSSR count). The van der Waals surface area contributed by atoms with Crippen molar-refractivity contribution in [3.05, 3.63) is 0 Å². The minimum absolute atomic E-state index is 0.135. The van der Waals surface area contributed by atoms with Gasteiger partial charge in [-0.1, -0.05) is 13.8 Å². The molecule has 1 atom stereocenters. The lowest BCUT2D eigenvalue weighted by atomic mass is 10.0. The lowest BCUT2D eigenvalue weighted by Gasteiger charge is -2.43. The van der Waals surface area contributed by atoms with Crippen LogP contribution < -0.4 is 0 Å². The standard InChI is InChI=1S/C16H33N3O/c1-3-7-17-10-12-19(13-11-17)15-5-8-18(9-6-15)14-16(20)4-2/h15-16,20H,3-14H2,1-2H3/t16-/m1/s1. The average Bonchev–Trinajstić information content (AvgIpc) is 2.49. The Labute approximate surface area is 124 Å². The third kappa shape index (κ3) is 4.69. The number of β-amino-alcohol motifs (C(OH)–C–C–N with tert-alkyl or cyclic N) is 1. The van der Waals surface area contributed by atoms with Crippen molar-refractivity contribution in [1.29, 1.82) is 0 Å². The SMILES string of the molecule is CCCN1CCN(C2CCN(C[C@H](O)CC)CC2)CC1. The molecule has 0 spiro atoms. The number of piperidine rings is 1. The van der Waals surface area contributed by atoms with E-state index in [4.69, 9.17) is 0 Å². The fourth-order valence-electron chi connectivity index (χ4n) is 3.56. The van der Waals surface area contributed by atoms with Gasteiger partial charge >= 0.3 is 0 Å². The zero-order valence-corrected chi connectivity index (χ0v) is 13.4. The van der Waals surface area contributed by atoms with E-state index in [1.165, 1.54) is 52.0 Å². The summed E-state index contributed by atoms with van der Waals surface area (Å²) in [6.45, 7) is 13.8. The Balaban J connectivity index is 1.67. The molecular weight excluding hydrogens is 250 g/mol. The molecule has 0 aromatic rings. The van der Waals surface area contributed by atoms with Gasteiger partial charge < -0.3 is 14.9 Å². The summed E-state index contributed by atoms with van der Waals surface area (Å²) in [5, 5.41) is 9.75. The van der Waals surface area contributed by atoms with E-state index in [2.05, 4.69) is 28.5 Å². The highest BCUT2D eigenvalue weighted by Gasteiger charge is 2.27. The van der Waals surface area contributed by atoms with Gasteiger partial charge in [-0.05, 0) is 45.3 Å². The van der Waals surface area contributed by atoms with E-state index in [1.54, 1.807) is 0 Å². The first-order valence-corrected chi connectivity index (χ1v) is 8.59. The maximum absolute atomic E-state index is 9.75. The summed E-state index contributed by atoms with van der Waals surface area (Å²) in [4.78, 5) is 7.75. The van der Waals surface area contributed by atoms with E-state index in [0.717, 1.165) is 32.1 Å². The topological polar surface area (TPSA) is 30.0 Å². The van der Waals surface area contributed by atoms with Gasteiger partial charge in [-0.25, -0.2) is 0 Å². The largest absolute Gasteiger partial charge is 0.392 e. The highest BCUT2D eigenvalue weighted by atomic mass is 16.3. The highest BCUT2D eigenvalue weighted by Crippen LogP contribution is 2.18. The second kappa shape index (κ2) is 8.32. The molecule has 2 fully saturated rings. The first-order chi connectivity index (χ1) is 9.72. The van der Waals surface area contributed by atoms with Crippen LogP contribution in [0.25, 0.3) is 0 Å². The Hall–Kier alpha value is -0.160. The van der Waals surface area contributed by atoms with Crippen molar-refractivity contribution in [2.24, 2.45) is 0 Å². The Morgan fingerprint density at radius 2 is 1.60 bits per heavy atom. The zero-order valence-electron chi connectivity index (χ0n) is 13.4. The van der Waals surface area contributed by atoms with Crippen LogP contribution >= 0.6 is 0 Å². The highest BCUT2D eigenvalue weighted by molar-refractivity contribution is 4.83. The molecule has 0 bridgehead atoms. The second-order valence-corrected chi connectivity index (χ2v) is 6.47. The van der Waals surface area contributed by atoms with Crippen LogP contribution in [-0.2, 0) is 0 Å². The third-order valence-corrected chi connectivity index (χ3v) is 4.96. The summed E-state index contributed by atoms with van der Waals surface area (Å²) in [6, 6.07) is 0.786. The van der Waals surface area contributed by atoms with E-state index >= 15 is 0 Å². The summed E-state index contributed by atoms with van der Waals surface area (Å²) >= 11 is 0. The Kier molecular flexibility index (Phi) is 6.75. The number of aliphatic hydroxyl groups excluding tert-OH is 1. The molecule has 1 N–H and O–H groups in total. The fourth-order valence-corrected chi connectivity index (χ4v) is 3.56. The molecule has 0 amide bonds. The predicted octanol–water partition coefficient (Wildman–Crippen LogP) is 1.25. The monoisotopic (exact) mass is 283 g/mol. The summed E-state index contributed by atoms with van der Waals surface area (Å²) in [5.74, 6) is 0.